The lowest BCUT2D eigenvalue weighted by molar-refractivity contribution is -0.129. The van der Waals surface area contributed by atoms with Crippen LogP contribution in [0.25, 0.3) is 6.08 Å². The molecule has 0 aliphatic carbocycles. The van der Waals surface area contributed by atoms with Crippen LogP contribution in [0.3, 0.4) is 0 Å². The van der Waals surface area contributed by atoms with Gasteiger partial charge in [-0.1, -0.05) is 12.1 Å². The molecule has 0 saturated carbocycles. The minimum absolute atomic E-state index is 0.00127. The van der Waals surface area contributed by atoms with E-state index in [0.717, 1.165) is 5.56 Å². The number of hydrogen-bond acceptors (Lipinski definition) is 3. The minimum atomic E-state index is 0.00127. The SMILES string of the molecule is O=C(C=Cc1ccc(O)cc1)N1CCOCC1. The van der Waals surface area contributed by atoms with Crippen molar-refractivity contribution >= 4 is 12.0 Å². The molecule has 17 heavy (non-hydrogen) atoms. The highest BCUT2D eigenvalue weighted by Gasteiger charge is 2.13. The van der Waals surface area contributed by atoms with E-state index in [2.05, 4.69) is 0 Å². The van der Waals surface area contributed by atoms with Gasteiger partial charge in [-0.25, -0.2) is 0 Å². The average Bonchev–Trinajstić information content (AvgIpc) is 2.39. The van der Waals surface area contributed by atoms with E-state index in [-0.39, 0.29) is 11.7 Å². The van der Waals surface area contributed by atoms with E-state index >= 15 is 0 Å². The number of amides is 1. The van der Waals surface area contributed by atoms with Gasteiger partial charge < -0.3 is 14.7 Å². The molecule has 1 amide bonds. The number of ether oxygens (including phenoxy) is 1. The third-order valence-electron chi connectivity index (χ3n) is 2.63. The summed E-state index contributed by atoms with van der Waals surface area (Å²) in [6, 6.07) is 6.72. The molecule has 0 bridgehead atoms. The Labute approximate surface area is 100 Å². The van der Waals surface area contributed by atoms with E-state index in [0.29, 0.717) is 26.3 Å². The predicted octanol–water partition coefficient (Wildman–Crippen LogP) is 1.26. The minimum Gasteiger partial charge on any atom is -0.508 e. The summed E-state index contributed by atoms with van der Waals surface area (Å²) in [5.41, 5.74) is 0.893. The first kappa shape index (κ1) is 11.7. The summed E-state index contributed by atoms with van der Waals surface area (Å²) < 4.78 is 5.18. The van der Waals surface area contributed by atoms with Crippen LogP contribution in [0, 0.1) is 0 Å². The Bertz CT molecular complexity index is 405. The molecule has 1 saturated heterocycles. The molecule has 0 unspecified atom stereocenters. The molecule has 1 fully saturated rings. The molecule has 0 spiro atoms. The van der Waals surface area contributed by atoms with Crippen molar-refractivity contribution in [2.45, 2.75) is 0 Å². The summed E-state index contributed by atoms with van der Waals surface area (Å²) in [5, 5.41) is 9.12. The maximum absolute atomic E-state index is 11.8. The molecule has 1 aliphatic rings. The van der Waals surface area contributed by atoms with E-state index in [1.54, 1.807) is 41.3 Å². The maximum atomic E-state index is 11.8. The van der Waals surface area contributed by atoms with Gasteiger partial charge in [0.25, 0.3) is 0 Å². The highest BCUT2D eigenvalue weighted by molar-refractivity contribution is 5.91. The van der Waals surface area contributed by atoms with Crippen LogP contribution in [0.2, 0.25) is 0 Å². The zero-order valence-electron chi connectivity index (χ0n) is 9.50. The number of benzene rings is 1. The number of carbonyl (C=O) groups excluding carboxylic acids is 1. The number of hydrogen-bond donors (Lipinski definition) is 1. The lowest BCUT2D eigenvalue weighted by Gasteiger charge is -2.25. The van der Waals surface area contributed by atoms with Gasteiger partial charge >= 0.3 is 0 Å². The van der Waals surface area contributed by atoms with Crippen LogP contribution >= 0.6 is 0 Å². The Morgan fingerprint density at radius 3 is 2.53 bits per heavy atom. The highest BCUT2D eigenvalue weighted by atomic mass is 16.5. The Kier molecular flexibility index (Phi) is 3.77. The van der Waals surface area contributed by atoms with Crippen LogP contribution in [-0.2, 0) is 9.53 Å². The zero-order valence-corrected chi connectivity index (χ0v) is 9.50. The van der Waals surface area contributed by atoms with Crippen molar-refractivity contribution in [3.63, 3.8) is 0 Å². The fourth-order valence-corrected chi connectivity index (χ4v) is 1.64. The Hall–Kier alpha value is -1.81. The predicted molar refractivity (Wildman–Crippen MR) is 64.5 cm³/mol. The quantitative estimate of drug-likeness (QED) is 0.782. The van der Waals surface area contributed by atoms with Gasteiger partial charge in [-0.2, -0.15) is 0 Å². The van der Waals surface area contributed by atoms with E-state index in [1.165, 1.54) is 0 Å². The highest BCUT2D eigenvalue weighted by Crippen LogP contribution is 2.11. The van der Waals surface area contributed by atoms with Crippen molar-refractivity contribution in [2.75, 3.05) is 26.3 Å². The standard InChI is InChI=1S/C13H15NO3/c15-12-4-1-11(2-5-12)3-6-13(16)14-7-9-17-10-8-14/h1-6,15H,7-10H2. The Morgan fingerprint density at radius 2 is 1.88 bits per heavy atom. The number of rotatable bonds is 2. The van der Waals surface area contributed by atoms with Crippen molar-refractivity contribution in [2.24, 2.45) is 0 Å². The fourth-order valence-electron chi connectivity index (χ4n) is 1.64. The number of carbonyl (C=O) groups is 1. The van der Waals surface area contributed by atoms with Crippen LogP contribution in [0.1, 0.15) is 5.56 Å². The summed E-state index contributed by atoms with van der Waals surface area (Å²) in [7, 11) is 0. The molecule has 1 aliphatic heterocycles. The zero-order chi connectivity index (χ0) is 12.1. The molecule has 1 aromatic carbocycles. The van der Waals surface area contributed by atoms with Crippen LogP contribution in [-0.4, -0.2) is 42.2 Å². The topological polar surface area (TPSA) is 49.8 Å². The first-order chi connectivity index (χ1) is 8.25. The summed E-state index contributed by atoms with van der Waals surface area (Å²) in [5.74, 6) is 0.225. The molecule has 1 aromatic rings. The van der Waals surface area contributed by atoms with Crippen LogP contribution in [0.4, 0.5) is 0 Å². The molecule has 0 aromatic heterocycles. The lowest BCUT2D eigenvalue weighted by Crippen LogP contribution is -2.39. The van der Waals surface area contributed by atoms with Gasteiger partial charge in [-0.3, -0.25) is 4.79 Å². The van der Waals surface area contributed by atoms with Gasteiger partial charge in [0.05, 0.1) is 13.2 Å². The van der Waals surface area contributed by atoms with Crippen LogP contribution in [0.15, 0.2) is 30.3 Å². The number of nitrogens with zero attached hydrogens (tertiary/aromatic N) is 1. The molecule has 1 heterocycles. The second-order valence-corrected chi connectivity index (χ2v) is 3.86. The molecule has 90 valence electrons. The number of phenolic OH excluding ortho intramolecular Hbond substituents is 1. The molecule has 2 rings (SSSR count). The summed E-state index contributed by atoms with van der Waals surface area (Å²) in [6.45, 7) is 2.52. The second-order valence-electron chi connectivity index (χ2n) is 3.86. The fraction of sp³-hybridized carbons (Fsp3) is 0.308. The summed E-state index contributed by atoms with van der Waals surface area (Å²) >= 11 is 0. The molecule has 0 radical (unpaired) electrons. The Morgan fingerprint density at radius 1 is 1.24 bits per heavy atom. The van der Waals surface area contributed by atoms with E-state index in [4.69, 9.17) is 9.84 Å². The lowest BCUT2D eigenvalue weighted by atomic mass is 10.2. The van der Waals surface area contributed by atoms with E-state index in [9.17, 15) is 4.79 Å². The van der Waals surface area contributed by atoms with Crippen molar-refractivity contribution in [3.8, 4) is 5.75 Å². The molecule has 4 nitrogen and oxygen atoms in total. The smallest absolute Gasteiger partial charge is 0.246 e. The Balaban J connectivity index is 1.95. The first-order valence-corrected chi connectivity index (χ1v) is 5.59. The monoisotopic (exact) mass is 233 g/mol. The van der Waals surface area contributed by atoms with Crippen LogP contribution < -0.4 is 0 Å². The van der Waals surface area contributed by atoms with Crippen molar-refractivity contribution < 1.29 is 14.6 Å². The maximum Gasteiger partial charge on any atom is 0.246 e. The van der Waals surface area contributed by atoms with E-state index < -0.39 is 0 Å². The molecule has 1 N–H and O–H groups in total. The van der Waals surface area contributed by atoms with Gasteiger partial charge in [0, 0.05) is 19.2 Å². The van der Waals surface area contributed by atoms with E-state index in [1.807, 2.05) is 0 Å². The summed E-state index contributed by atoms with van der Waals surface area (Å²) in [4.78, 5) is 13.5. The normalized spacial score (nSPS) is 16.4. The second kappa shape index (κ2) is 5.50. The van der Waals surface area contributed by atoms with Crippen molar-refractivity contribution in [1.29, 1.82) is 0 Å². The molecular formula is C13H15NO3. The third-order valence-corrected chi connectivity index (χ3v) is 2.63. The summed E-state index contributed by atoms with van der Waals surface area (Å²) in [6.07, 6.45) is 3.30. The van der Waals surface area contributed by atoms with Crippen LogP contribution in [0.5, 0.6) is 5.75 Å². The van der Waals surface area contributed by atoms with Gasteiger partial charge in [0.1, 0.15) is 5.75 Å². The van der Waals surface area contributed by atoms with Crippen molar-refractivity contribution in [1.82, 2.24) is 4.90 Å². The molecule has 4 heteroatoms. The third kappa shape index (κ3) is 3.32. The number of aromatic hydroxyl groups is 1. The van der Waals surface area contributed by atoms with Gasteiger partial charge in [0.2, 0.25) is 5.91 Å². The van der Waals surface area contributed by atoms with Gasteiger partial charge in [-0.05, 0) is 23.8 Å². The first-order valence-electron chi connectivity index (χ1n) is 5.59. The number of morpholine rings is 1. The van der Waals surface area contributed by atoms with Crippen molar-refractivity contribution in [3.05, 3.63) is 35.9 Å². The molecule has 0 atom stereocenters. The largest absolute Gasteiger partial charge is 0.508 e. The van der Waals surface area contributed by atoms with Gasteiger partial charge in [-0.15, -0.1) is 0 Å². The number of phenols is 1. The van der Waals surface area contributed by atoms with Gasteiger partial charge in [0.15, 0.2) is 0 Å². The average molecular weight is 233 g/mol. The molecular weight excluding hydrogens is 218 g/mol.